The molecule has 0 fully saturated rings. The van der Waals surface area contributed by atoms with Gasteiger partial charge in [0.2, 0.25) is 5.91 Å². The summed E-state index contributed by atoms with van der Waals surface area (Å²) >= 11 is 1.32. The van der Waals surface area contributed by atoms with Crippen LogP contribution in [-0.4, -0.2) is 21.1 Å². The Morgan fingerprint density at radius 1 is 1.04 bits per heavy atom. The molecule has 132 valence electrons. The van der Waals surface area contributed by atoms with Crippen molar-refractivity contribution in [3.05, 3.63) is 78.6 Å². The van der Waals surface area contributed by atoms with Crippen LogP contribution in [0.5, 0.6) is 5.75 Å². The fraction of sp³-hybridized carbons (Fsp3) is 0.150. The van der Waals surface area contributed by atoms with Gasteiger partial charge in [0.25, 0.3) is 0 Å². The van der Waals surface area contributed by atoms with Crippen molar-refractivity contribution in [2.24, 2.45) is 0 Å². The van der Waals surface area contributed by atoms with E-state index in [1.54, 1.807) is 18.5 Å². The largest absolute Gasteiger partial charge is 0.489 e. The molecule has 0 radical (unpaired) electrons. The number of aromatic nitrogens is 2. The number of hydrogen-bond donors (Lipinski definition) is 1. The van der Waals surface area contributed by atoms with E-state index in [2.05, 4.69) is 15.3 Å². The number of carbonyl (C=O) groups is 1. The molecule has 3 aromatic rings. The number of nitrogens with zero attached hydrogens (tertiary/aromatic N) is 2. The van der Waals surface area contributed by atoms with Crippen molar-refractivity contribution in [2.75, 3.05) is 5.32 Å². The zero-order chi connectivity index (χ0) is 18.2. The van der Waals surface area contributed by atoms with Gasteiger partial charge in [-0.3, -0.25) is 4.79 Å². The van der Waals surface area contributed by atoms with E-state index in [1.165, 1.54) is 11.8 Å². The molecule has 1 N–H and O–H groups in total. The number of hydrogen-bond acceptors (Lipinski definition) is 5. The predicted molar refractivity (Wildman–Crippen MR) is 103 cm³/mol. The first kappa shape index (κ1) is 17.9. The van der Waals surface area contributed by atoms with Gasteiger partial charge < -0.3 is 10.1 Å². The van der Waals surface area contributed by atoms with E-state index in [0.29, 0.717) is 11.8 Å². The number of carbonyl (C=O) groups excluding carboxylic acids is 1. The molecule has 2 aromatic carbocycles. The van der Waals surface area contributed by atoms with Crippen LogP contribution in [0.4, 0.5) is 5.69 Å². The maximum atomic E-state index is 12.3. The highest BCUT2D eigenvalue weighted by molar-refractivity contribution is 8.00. The minimum absolute atomic E-state index is 0.0968. The fourth-order valence-electron chi connectivity index (χ4n) is 2.18. The fourth-order valence-corrected chi connectivity index (χ4v) is 2.90. The topological polar surface area (TPSA) is 64.1 Å². The van der Waals surface area contributed by atoms with Crippen LogP contribution in [-0.2, 0) is 11.4 Å². The Balaban J connectivity index is 1.51. The molecule has 0 unspecified atom stereocenters. The summed E-state index contributed by atoms with van der Waals surface area (Å²) in [7, 11) is 0. The van der Waals surface area contributed by atoms with E-state index < -0.39 is 0 Å². The summed E-state index contributed by atoms with van der Waals surface area (Å²) < 4.78 is 5.75. The molecular weight excluding hydrogens is 346 g/mol. The first-order valence-corrected chi connectivity index (χ1v) is 9.10. The van der Waals surface area contributed by atoms with Crippen LogP contribution in [0, 0.1) is 0 Å². The second-order valence-electron chi connectivity index (χ2n) is 5.58. The molecule has 0 saturated carbocycles. The lowest BCUT2D eigenvalue weighted by Gasteiger charge is -2.12. The normalized spacial score (nSPS) is 11.6. The summed E-state index contributed by atoms with van der Waals surface area (Å²) in [6, 6.07) is 19.1. The number of rotatable bonds is 7. The van der Waals surface area contributed by atoms with E-state index in [1.807, 2.05) is 61.5 Å². The van der Waals surface area contributed by atoms with Gasteiger partial charge in [0.1, 0.15) is 12.4 Å². The third kappa shape index (κ3) is 5.32. The molecule has 0 aliphatic carbocycles. The molecule has 0 aliphatic heterocycles. The highest BCUT2D eigenvalue weighted by Crippen LogP contribution is 2.21. The van der Waals surface area contributed by atoms with Crippen LogP contribution < -0.4 is 10.1 Å². The van der Waals surface area contributed by atoms with Crippen LogP contribution in [0.25, 0.3) is 0 Å². The monoisotopic (exact) mass is 365 g/mol. The average Bonchev–Trinajstić information content (AvgIpc) is 2.69. The van der Waals surface area contributed by atoms with Crippen molar-refractivity contribution in [2.45, 2.75) is 23.9 Å². The summed E-state index contributed by atoms with van der Waals surface area (Å²) in [4.78, 5) is 20.5. The first-order chi connectivity index (χ1) is 12.7. The molecule has 0 aliphatic rings. The number of ether oxygens (including phenoxy) is 1. The molecule has 0 saturated heterocycles. The SMILES string of the molecule is C[C@H](Sc1ncccn1)C(=O)Nc1ccc(OCc2ccccc2)cc1. The van der Waals surface area contributed by atoms with E-state index in [9.17, 15) is 4.79 Å². The Labute approximate surface area is 156 Å². The highest BCUT2D eigenvalue weighted by Gasteiger charge is 2.15. The standard InChI is InChI=1S/C20H19N3O2S/c1-15(26-20-21-12-5-13-22-20)19(24)23-17-8-10-18(11-9-17)25-14-16-6-3-2-4-7-16/h2-13,15H,14H2,1H3,(H,23,24)/t15-/m0/s1. The third-order valence-corrected chi connectivity index (χ3v) is 4.55. The maximum absolute atomic E-state index is 12.3. The van der Waals surface area contributed by atoms with Gasteiger partial charge in [0, 0.05) is 18.1 Å². The number of anilines is 1. The lowest BCUT2D eigenvalue weighted by atomic mass is 10.2. The summed E-state index contributed by atoms with van der Waals surface area (Å²) in [5.74, 6) is 0.660. The minimum atomic E-state index is -0.300. The number of amides is 1. The van der Waals surface area contributed by atoms with Gasteiger partial charge in [0.05, 0.1) is 5.25 Å². The van der Waals surface area contributed by atoms with Crippen molar-refractivity contribution in [3.8, 4) is 5.75 Å². The summed E-state index contributed by atoms with van der Waals surface area (Å²) in [5.41, 5.74) is 1.84. The molecule has 1 amide bonds. The number of thioether (sulfide) groups is 1. The summed E-state index contributed by atoms with van der Waals surface area (Å²) in [5, 5.41) is 3.18. The lowest BCUT2D eigenvalue weighted by molar-refractivity contribution is -0.115. The van der Waals surface area contributed by atoms with Crippen LogP contribution in [0.15, 0.2) is 78.2 Å². The van der Waals surface area contributed by atoms with E-state index >= 15 is 0 Å². The Bertz CT molecular complexity index is 827. The van der Waals surface area contributed by atoms with Crippen LogP contribution in [0.1, 0.15) is 12.5 Å². The molecular formula is C20H19N3O2S. The smallest absolute Gasteiger partial charge is 0.237 e. The van der Waals surface area contributed by atoms with Crippen molar-refractivity contribution in [1.82, 2.24) is 9.97 Å². The van der Waals surface area contributed by atoms with E-state index in [0.717, 1.165) is 17.0 Å². The molecule has 1 atom stereocenters. The molecule has 0 spiro atoms. The lowest BCUT2D eigenvalue weighted by Crippen LogP contribution is -2.22. The Morgan fingerprint density at radius 2 is 1.73 bits per heavy atom. The maximum Gasteiger partial charge on any atom is 0.237 e. The van der Waals surface area contributed by atoms with Gasteiger partial charge in [-0.25, -0.2) is 9.97 Å². The molecule has 3 rings (SSSR count). The first-order valence-electron chi connectivity index (χ1n) is 8.22. The summed E-state index contributed by atoms with van der Waals surface area (Å²) in [6.07, 6.45) is 3.32. The van der Waals surface area contributed by atoms with Gasteiger partial charge in [-0.1, -0.05) is 42.1 Å². The second kappa shape index (κ2) is 9.01. The van der Waals surface area contributed by atoms with Crippen molar-refractivity contribution < 1.29 is 9.53 Å². The molecule has 6 heteroatoms. The zero-order valence-corrected chi connectivity index (χ0v) is 15.1. The average molecular weight is 365 g/mol. The van der Waals surface area contributed by atoms with E-state index in [-0.39, 0.29) is 11.2 Å². The molecule has 5 nitrogen and oxygen atoms in total. The Hall–Kier alpha value is -2.86. The van der Waals surface area contributed by atoms with Gasteiger partial charge >= 0.3 is 0 Å². The van der Waals surface area contributed by atoms with Crippen molar-refractivity contribution in [3.63, 3.8) is 0 Å². The van der Waals surface area contributed by atoms with E-state index in [4.69, 9.17) is 4.74 Å². The zero-order valence-electron chi connectivity index (χ0n) is 14.3. The molecule has 1 heterocycles. The second-order valence-corrected chi connectivity index (χ2v) is 6.89. The number of benzene rings is 2. The van der Waals surface area contributed by atoms with Crippen LogP contribution in [0.3, 0.4) is 0 Å². The van der Waals surface area contributed by atoms with Crippen LogP contribution in [0.2, 0.25) is 0 Å². The quantitative estimate of drug-likeness (QED) is 0.503. The summed E-state index contributed by atoms with van der Waals surface area (Å²) in [6.45, 7) is 2.34. The Morgan fingerprint density at radius 3 is 2.42 bits per heavy atom. The molecule has 1 aromatic heterocycles. The van der Waals surface area contributed by atoms with Crippen molar-refractivity contribution in [1.29, 1.82) is 0 Å². The molecule has 0 bridgehead atoms. The highest BCUT2D eigenvalue weighted by atomic mass is 32.2. The van der Waals surface area contributed by atoms with Crippen molar-refractivity contribution >= 4 is 23.4 Å². The predicted octanol–water partition coefficient (Wildman–Crippen LogP) is 4.17. The van der Waals surface area contributed by atoms with Gasteiger partial charge in [-0.2, -0.15) is 0 Å². The Kier molecular flexibility index (Phi) is 6.22. The molecule has 26 heavy (non-hydrogen) atoms. The number of nitrogens with one attached hydrogen (secondary N) is 1. The van der Waals surface area contributed by atoms with Gasteiger partial charge in [-0.15, -0.1) is 0 Å². The minimum Gasteiger partial charge on any atom is -0.489 e. The van der Waals surface area contributed by atoms with Gasteiger partial charge in [-0.05, 0) is 42.8 Å². The van der Waals surface area contributed by atoms with Gasteiger partial charge in [0.15, 0.2) is 5.16 Å². The third-order valence-electron chi connectivity index (χ3n) is 3.56. The van der Waals surface area contributed by atoms with Crippen LogP contribution >= 0.6 is 11.8 Å².